The molecule has 1 unspecified atom stereocenters. The van der Waals surface area contributed by atoms with E-state index in [0.717, 1.165) is 11.3 Å². The van der Waals surface area contributed by atoms with E-state index in [2.05, 4.69) is 5.32 Å². The zero-order valence-electron chi connectivity index (χ0n) is 15.9. The number of nitrogens with one attached hydrogen (secondary N) is 1. The summed E-state index contributed by atoms with van der Waals surface area (Å²) in [6.07, 6.45) is 3.05. The van der Waals surface area contributed by atoms with E-state index in [9.17, 15) is 9.59 Å². The standard InChI is InChI=1S/C21H27N3O3/c1-23(2)18(19-9-6-14-27-19)15-22-21(26)24-12-10-17(11-13-24)20(25)16-7-4-3-5-8-16/h3-9,14,17-18H,10-13,15H2,1-2H3,(H,22,26). The number of hydrogen-bond acceptors (Lipinski definition) is 4. The number of hydrogen-bond donors (Lipinski definition) is 1. The Morgan fingerprint density at radius 2 is 1.85 bits per heavy atom. The van der Waals surface area contributed by atoms with Crippen molar-refractivity contribution in [1.82, 2.24) is 15.1 Å². The van der Waals surface area contributed by atoms with E-state index in [4.69, 9.17) is 4.42 Å². The Hall–Kier alpha value is -2.60. The Balaban J connectivity index is 1.49. The summed E-state index contributed by atoms with van der Waals surface area (Å²) in [6, 6.07) is 13.1. The summed E-state index contributed by atoms with van der Waals surface area (Å²) in [5.41, 5.74) is 0.757. The zero-order chi connectivity index (χ0) is 19.2. The smallest absolute Gasteiger partial charge is 0.317 e. The van der Waals surface area contributed by atoms with Crippen molar-refractivity contribution in [3.63, 3.8) is 0 Å². The molecule has 3 rings (SSSR count). The van der Waals surface area contributed by atoms with Gasteiger partial charge in [-0.3, -0.25) is 9.69 Å². The predicted octanol–water partition coefficient (Wildman–Crippen LogP) is 3.19. The molecule has 0 aliphatic carbocycles. The predicted molar refractivity (Wildman–Crippen MR) is 104 cm³/mol. The number of furan rings is 1. The molecule has 1 saturated heterocycles. The minimum Gasteiger partial charge on any atom is -0.468 e. The average molecular weight is 369 g/mol. The lowest BCUT2D eigenvalue weighted by Crippen LogP contribution is -2.47. The molecule has 1 aliphatic rings. The molecule has 1 aromatic heterocycles. The van der Waals surface area contributed by atoms with Gasteiger partial charge in [0.1, 0.15) is 5.76 Å². The van der Waals surface area contributed by atoms with Crippen LogP contribution < -0.4 is 5.32 Å². The number of amides is 2. The molecule has 2 aromatic rings. The molecule has 1 fully saturated rings. The number of ketones is 1. The first kappa shape index (κ1) is 19.2. The fourth-order valence-electron chi connectivity index (χ4n) is 3.50. The first-order valence-corrected chi connectivity index (χ1v) is 9.38. The van der Waals surface area contributed by atoms with E-state index in [1.807, 2.05) is 61.5 Å². The lowest BCUT2D eigenvalue weighted by atomic mass is 9.89. The van der Waals surface area contributed by atoms with Gasteiger partial charge >= 0.3 is 6.03 Å². The fourth-order valence-corrected chi connectivity index (χ4v) is 3.50. The molecule has 6 nitrogen and oxygen atoms in total. The van der Waals surface area contributed by atoms with Gasteiger partial charge in [-0.05, 0) is 39.1 Å². The molecule has 2 heterocycles. The maximum atomic E-state index is 12.6. The first-order valence-electron chi connectivity index (χ1n) is 9.38. The summed E-state index contributed by atoms with van der Waals surface area (Å²) < 4.78 is 5.47. The molecular weight excluding hydrogens is 342 g/mol. The van der Waals surface area contributed by atoms with Gasteiger partial charge in [0.15, 0.2) is 5.78 Å². The quantitative estimate of drug-likeness (QED) is 0.794. The highest BCUT2D eigenvalue weighted by molar-refractivity contribution is 5.97. The van der Waals surface area contributed by atoms with Crippen molar-refractivity contribution in [2.24, 2.45) is 5.92 Å². The number of likely N-dealkylation sites (N-methyl/N-ethyl adjacent to an activating group) is 1. The second-order valence-corrected chi connectivity index (χ2v) is 7.17. The van der Waals surface area contributed by atoms with E-state index < -0.39 is 0 Å². The van der Waals surface area contributed by atoms with Gasteiger partial charge in [0, 0.05) is 31.1 Å². The van der Waals surface area contributed by atoms with Gasteiger partial charge in [-0.25, -0.2) is 4.79 Å². The number of nitrogens with zero attached hydrogens (tertiary/aromatic N) is 2. The maximum absolute atomic E-state index is 12.6. The second-order valence-electron chi connectivity index (χ2n) is 7.17. The number of likely N-dealkylation sites (tertiary alicyclic amines) is 1. The molecule has 0 spiro atoms. The molecule has 0 bridgehead atoms. The number of carbonyl (C=O) groups excluding carboxylic acids is 2. The third-order valence-corrected chi connectivity index (χ3v) is 5.15. The van der Waals surface area contributed by atoms with Crippen LogP contribution in [-0.4, -0.2) is 55.3 Å². The molecule has 0 saturated carbocycles. The van der Waals surface area contributed by atoms with Crippen LogP contribution in [0.5, 0.6) is 0 Å². The maximum Gasteiger partial charge on any atom is 0.317 e. The molecule has 6 heteroatoms. The fraction of sp³-hybridized carbons (Fsp3) is 0.429. The highest BCUT2D eigenvalue weighted by atomic mass is 16.3. The third kappa shape index (κ3) is 4.77. The lowest BCUT2D eigenvalue weighted by molar-refractivity contribution is 0.0853. The number of urea groups is 1. The first-order chi connectivity index (χ1) is 13.1. The molecule has 0 radical (unpaired) electrons. The second kappa shape index (κ2) is 8.86. The zero-order valence-corrected chi connectivity index (χ0v) is 15.9. The van der Waals surface area contributed by atoms with Gasteiger partial charge in [0.25, 0.3) is 0 Å². The van der Waals surface area contributed by atoms with Crippen LogP contribution in [0.15, 0.2) is 53.1 Å². The van der Waals surface area contributed by atoms with Gasteiger partial charge in [-0.2, -0.15) is 0 Å². The Kier molecular flexibility index (Phi) is 6.29. The van der Waals surface area contributed by atoms with Crippen molar-refractivity contribution in [3.8, 4) is 0 Å². The minimum absolute atomic E-state index is 0.00547. The van der Waals surface area contributed by atoms with Gasteiger partial charge in [-0.1, -0.05) is 30.3 Å². The molecule has 144 valence electrons. The van der Waals surface area contributed by atoms with Crippen molar-refractivity contribution in [1.29, 1.82) is 0 Å². The van der Waals surface area contributed by atoms with Crippen LogP contribution in [0.4, 0.5) is 4.79 Å². The SMILES string of the molecule is CN(C)C(CNC(=O)N1CCC(C(=O)c2ccccc2)CC1)c1ccco1. The van der Waals surface area contributed by atoms with Crippen LogP contribution in [0.1, 0.15) is 35.0 Å². The van der Waals surface area contributed by atoms with E-state index in [0.29, 0.717) is 32.5 Å². The summed E-state index contributed by atoms with van der Waals surface area (Å²) in [5, 5.41) is 3.00. The summed E-state index contributed by atoms with van der Waals surface area (Å²) >= 11 is 0. The number of piperidine rings is 1. The van der Waals surface area contributed by atoms with Gasteiger partial charge < -0.3 is 14.6 Å². The van der Waals surface area contributed by atoms with Crippen molar-refractivity contribution in [2.75, 3.05) is 33.7 Å². The molecule has 1 aliphatic heterocycles. The number of benzene rings is 1. The van der Waals surface area contributed by atoms with Crippen LogP contribution in [0.3, 0.4) is 0 Å². The minimum atomic E-state index is -0.0842. The van der Waals surface area contributed by atoms with Crippen LogP contribution in [0, 0.1) is 5.92 Å². The Labute approximate surface area is 160 Å². The highest BCUT2D eigenvalue weighted by Gasteiger charge is 2.28. The molecule has 2 amide bonds. The van der Waals surface area contributed by atoms with E-state index in [-0.39, 0.29) is 23.8 Å². The van der Waals surface area contributed by atoms with Crippen molar-refractivity contribution in [3.05, 3.63) is 60.1 Å². The van der Waals surface area contributed by atoms with E-state index in [1.165, 1.54) is 0 Å². The molecule has 1 aromatic carbocycles. The highest BCUT2D eigenvalue weighted by Crippen LogP contribution is 2.22. The van der Waals surface area contributed by atoms with Gasteiger partial charge in [0.05, 0.1) is 12.3 Å². The number of carbonyl (C=O) groups is 2. The normalized spacial score (nSPS) is 16.3. The lowest BCUT2D eigenvalue weighted by Gasteiger charge is -2.32. The number of Topliss-reactive ketones (excluding diaryl/α,β-unsaturated/α-hetero) is 1. The summed E-state index contributed by atoms with van der Waals surface area (Å²) in [4.78, 5) is 28.9. The van der Waals surface area contributed by atoms with Gasteiger partial charge in [-0.15, -0.1) is 0 Å². The molecular formula is C21H27N3O3. The largest absolute Gasteiger partial charge is 0.468 e. The monoisotopic (exact) mass is 369 g/mol. The molecule has 1 N–H and O–H groups in total. The molecule has 27 heavy (non-hydrogen) atoms. The number of rotatable bonds is 6. The Bertz CT molecular complexity index is 735. The summed E-state index contributed by atoms with van der Waals surface area (Å²) in [5.74, 6) is 1.00. The third-order valence-electron chi connectivity index (χ3n) is 5.15. The van der Waals surface area contributed by atoms with Crippen molar-refractivity contribution < 1.29 is 14.0 Å². The Morgan fingerprint density at radius 1 is 1.15 bits per heavy atom. The van der Waals surface area contributed by atoms with Crippen LogP contribution in [-0.2, 0) is 0 Å². The van der Waals surface area contributed by atoms with Crippen LogP contribution in [0.2, 0.25) is 0 Å². The van der Waals surface area contributed by atoms with Crippen molar-refractivity contribution >= 4 is 11.8 Å². The van der Waals surface area contributed by atoms with Crippen LogP contribution >= 0.6 is 0 Å². The molecule has 1 atom stereocenters. The topological polar surface area (TPSA) is 65.8 Å². The van der Waals surface area contributed by atoms with E-state index >= 15 is 0 Å². The van der Waals surface area contributed by atoms with Gasteiger partial charge in [0.2, 0.25) is 0 Å². The average Bonchev–Trinajstić information content (AvgIpc) is 3.22. The van der Waals surface area contributed by atoms with Crippen molar-refractivity contribution in [2.45, 2.75) is 18.9 Å². The summed E-state index contributed by atoms with van der Waals surface area (Å²) in [7, 11) is 3.92. The van der Waals surface area contributed by atoms with E-state index in [1.54, 1.807) is 11.2 Å². The Morgan fingerprint density at radius 3 is 2.44 bits per heavy atom. The van der Waals surface area contributed by atoms with Crippen LogP contribution in [0.25, 0.3) is 0 Å². The summed E-state index contributed by atoms with van der Waals surface area (Å²) in [6.45, 7) is 1.67.